The van der Waals surface area contributed by atoms with Crippen LogP contribution in [-0.2, 0) is 0 Å². The van der Waals surface area contributed by atoms with Gasteiger partial charge in [0.05, 0.1) is 12.4 Å². The maximum Gasteiger partial charge on any atom is 0.141 e. The van der Waals surface area contributed by atoms with Crippen LogP contribution in [0.2, 0.25) is 0 Å². The van der Waals surface area contributed by atoms with E-state index in [1.54, 1.807) is 12.5 Å². The van der Waals surface area contributed by atoms with Crippen molar-refractivity contribution in [2.75, 3.05) is 5.73 Å². The van der Waals surface area contributed by atoms with E-state index in [2.05, 4.69) is 23.7 Å². The van der Waals surface area contributed by atoms with Gasteiger partial charge in [-0.25, -0.2) is 4.98 Å². The fourth-order valence-electron chi connectivity index (χ4n) is 1.59. The quantitative estimate of drug-likeness (QED) is 0.770. The zero-order chi connectivity index (χ0) is 10.7. The summed E-state index contributed by atoms with van der Waals surface area (Å²) in [5.74, 6) is 0.526. The van der Waals surface area contributed by atoms with Crippen LogP contribution in [0, 0.1) is 0 Å². The molecular weight excluding hydrogens is 186 g/mol. The molecule has 3 heteroatoms. The summed E-state index contributed by atoms with van der Waals surface area (Å²) in [5, 5.41) is 0. The number of nitrogens with zero attached hydrogens (tertiary/aromatic N) is 2. The molecule has 3 nitrogen and oxygen atoms in total. The van der Waals surface area contributed by atoms with Gasteiger partial charge in [-0.1, -0.05) is 36.4 Å². The Labute approximate surface area is 88.9 Å². The second-order valence-corrected chi connectivity index (χ2v) is 3.34. The van der Waals surface area contributed by atoms with Gasteiger partial charge in [-0.2, -0.15) is 0 Å². The third-order valence-corrected chi connectivity index (χ3v) is 2.31. The van der Waals surface area contributed by atoms with Crippen molar-refractivity contribution in [3.05, 3.63) is 61.1 Å². The van der Waals surface area contributed by atoms with E-state index in [0.29, 0.717) is 5.82 Å². The SMILES string of the molecule is C=CC(c1ccccc1)n1cnc(N)c1. The summed E-state index contributed by atoms with van der Waals surface area (Å²) in [6.07, 6.45) is 5.39. The first-order valence-electron chi connectivity index (χ1n) is 4.77. The van der Waals surface area contributed by atoms with E-state index in [1.807, 2.05) is 28.8 Å². The normalized spacial score (nSPS) is 12.3. The fourth-order valence-corrected chi connectivity index (χ4v) is 1.59. The summed E-state index contributed by atoms with van der Waals surface area (Å²) in [4.78, 5) is 4.00. The minimum atomic E-state index is 0.0935. The molecule has 0 fully saturated rings. The molecule has 1 aromatic carbocycles. The van der Waals surface area contributed by atoms with E-state index in [-0.39, 0.29) is 6.04 Å². The lowest BCUT2D eigenvalue weighted by Gasteiger charge is -2.13. The van der Waals surface area contributed by atoms with Crippen LogP contribution in [-0.4, -0.2) is 9.55 Å². The molecule has 1 aromatic heterocycles. The molecule has 1 atom stereocenters. The van der Waals surface area contributed by atoms with E-state index in [1.165, 1.54) is 5.56 Å². The number of allylic oxidation sites excluding steroid dienone is 1. The lowest BCUT2D eigenvalue weighted by molar-refractivity contribution is 0.700. The monoisotopic (exact) mass is 199 g/mol. The van der Waals surface area contributed by atoms with Gasteiger partial charge >= 0.3 is 0 Å². The second kappa shape index (κ2) is 4.00. The van der Waals surface area contributed by atoms with Crippen molar-refractivity contribution < 1.29 is 0 Å². The van der Waals surface area contributed by atoms with E-state index < -0.39 is 0 Å². The number of imidazole rings is 1. The number of aromatic nitrogens is 2. The first-order valence-corrected chi connectivity index (χ1v) is 4.77. The summed E-state index contributed by atoms with van der Waals surface area (Å²) in [5.41, 5.74) is 6.75. The molecule has 1 heterocycles. The van der Waals surface area contributed by atoms with Gasteiger partial charge < -0.3 is 10.3 Å². The summed E-state index contributed by atoms with van der Waals surface area (Å²) in [6.45, 7) is 3.83. The highest BCUT2D eigenvalue weighted by Gasteiger charge is 2.08. The number of anilines is 1. The van der Waals surface area contributed by atoms with Crippen molar-refractivity contribution in [1.29, 1.82) is 0 Å². The summed E-state index contributed by atoms with van der Waals surface area (Å²) in [7, 11) is 0. The molecule has 0 bridgehead atoms. The number of nitrogens with two attached hydrogens (primary N) is 1. The number of rotatable bonds is 3. The van der Waals surface area contributed by atoms with Crippen molar-refractivity contribution in [3.8, 4) is 0 Å². The van der Waals surface area contributed by atoms with E-state index in [0.717, 1.165) is 0 Å². The zero-order valence-corrected chi connectivity index (χ0v) is 8.38. The molecule has 2 rings (SSSR count). The maximum absolute atomic E-state index is 5.58. The molecule has 76 valence electrons. The average molecular weight is 199 g/mol. The van der Waals surface area contributed by atoms with E-state index in [9.17, 15) is 0 Å². The minimum Gasteiger partial charge on any atom is -0.382 e. The van der Waals surface area contributed by atoms with Crippen LogP contribution in [0.25, 0.3) is 0 Å². The molecule has 2 N–H and O–H groups in total. The Balaban J connectivity index is 2.37. The topological polar surface area (TPSA) is 43.8 Å². The predicted molar refractivity (Wildman–Crippen MR) is 61.4 cm³/mol. The zero-order valence-electron chi connectivity index (χ0n) is 8.38. The predicted octanol–water partition coefficient (Wildman–Crippen LogP) is 2.24. The third kappa shape index (κ3) is 1.91. The van der Waals surface area contributed by atoms with Gasteiger partial charge in [0.15, 0.2) is 0 Å². The van der Waals surface area contributed by atoms with Gasteiger partial charge in [0.25, 0.3) is 0 Å². The molecule has 0 spiro atoms. The maximum atomic E-state index is 5.58. The van der Waals surface area contributed by atoms with Crippen molar-refractivity contribution in [2.45, 2.75) is 6.04 Å². The molecule has 2 aromatic rings. The van der Waals surface area contributed by atoms with Crippen LogP contribution in [0.15, 0.2) is 55.5 Å². The number of hydrogen-bond acceptors (Lipinski definition) is 2. The second-order valence-electron chi connectivity index (χ2n) is 3.34. The smallest absolute Gasteiger partial charge is 0.141 e. The summed E-state index contributed by atoms with van der Waals surface area (Å²) < 4.78 is 1.94. The van der Waals surface area contributed by atoms with Crippen LogP contribution in [0.3, 0.4) is 0 Å². The Hall–Kier alpha value is -2.03. The molecular formula is C12H13N3. The number of nitrogen functional groups attached to an aromatic ring is 1. The van der Waals surface area contributed by atoms with Gasteiger partial charge in [-0.15, -0.1) is 6.58 Å². The van der Waals surface area contributed by atoms with Crippen molar-refractivity contribution in [2.24, 2.45) is 0 Å². The molecule has 0 aliphatic heterocycles. The fraction of sp³-hybridized carbons (Fsp3) is 0.0833. The average Bonchev–Trinajstić information content (AvgIpc) is 2.68. The Morgan fingerprint density at radius 2 is 2.07 bits per heavy atom. The van der Waals surface area contributed by atoms with Gasteiger partial charge in [-0.3, -0.25) is 0 Å². The first-order chi connectivity index (χ1) is 7.31. The first kappa shape index (κ1) is 9.52. The Bertz CT molecular complexity index is 445. The van der Waals surface area contributed by atoms with Gasteiger partial charge in [0, 0.05) is 6.20 Å². The molecule has 0 amide bonds. The third-order valence-electron chi connectivity index (χ3n) is 2.31. The molecule has 0 aliphatic carbocycles. The molecule has 0 saturated heterocycles. The lowest BCUT2D eigenvalue weighted by Crippen LogP contribution is -2.05. The highest BCUT2D eigenvalue weighted by molar-refractivity contribution is 5.28. The van der Waals surface area contributed by atoms with E-state index >= 15 is 0 Å². The van der Waals surface area contributed by atoms with Gasteiger partial charge in [0.1, 0.15) is 5.82 Å². The van der Waals surface area contributed by atoms with Gasteiger partial charge in [-0.05, 0) is 5.56 Å². The van der Waals surface area contributed by atoms with Crippen molar-refractivity contribution in [3.63, 3.8) is 0 Å². The highest BCUT2D eigenvalue weighted by Crippen LogP contribution is 2.19. The van der Waals surface area contributed by atoms with E-state index in [4.69, 9.17) is 5.73 Å². The molecule has 1 unspecified atom stereocenters. The standard InChI is InChI=1S/C12H13N3/c1-2-11(10-6-4-3-5-7-10)15-8-12(13)14-9-15/h2-9,11H,1,13H2. The Morgan fingerprint density at radius 3 is 2.60 bits per heavy atom. The van der Waals surface area contributed by atoms with Crippen LogP contribution in [0.5, 0.6) is 0 Å². The summed E-state index contributed by atoms with van der Waals surface area (Å²) in [6, 6.07) is 10.2. The molecule has 0 radical (unpaired) electrons. The van der Waals surface area contributed by atoms with Crippen molar-refractivity contribution >= 4 is 5.82 Å². The Kier molecular flexibility index (Phi) is 2.54. The van der Waals surface area contributed by atoms with Crippen LogP contribution < -0.4 is 5.73 Å². The number of benzene rings is 1. The summed E-state index contributed by atoms with van der Waals surface area (Å²) >= 11 is 0. The lowest BCUT2D eigenvalue weighted by atomic mass is 10.1. The molecule has 0 aliphatic rings. The highest BCUT2D eigenvalue weighted by atomic mass is 15.1. The largest absolute Gasteiger partial charge is 0.382 e. The van der Waals surface area contributed by atoms with Crippen LogP contribution in [0.4, 0.5) is 5.82 Å². The molecule has 0 saturated carbocycles. The molecule has 15 heavy (non-hydrogen) atoms. The van der Waals surface area contributed by atoms with Crippen molar-refractivity contribution in [1.82, 2.24) is 9.55 Å². The van der Waals surface area contributed by atoms with Gasteiger partial charge in [0.2, 0.25) is 0 Å². The van der Waals surface area contributed by atoms with Crippen LogP contribution in [0.1, 0.15) is 11.6 Å². The number of hydrogen-bond donors (Lipinski definition) is 1. The minimum absolute atomic E-state index is 0.0935. The van der Waals surface area contributed by atoms with Crippen LogP contribution >= 0.6 is 0 Å². The Morgan fingerprint density at radius 1 is 1.33 bits per heavy atom.